The van der Waals surface area contributed by atoms with Gasteiger partial charge in [-0.2, -0.15) is 0 Å². The van der Waals surface area contributed by atoms with Gasteiger partial charge in [0, 0.05) is 18.6 Å². The minimum atomic E-state index is -0.202. The number of nitrogens with one attached hydrogen (secondary N) is 2. The van der Waals surface area contributed by atoms with Crippen LogP contribution in [0.2, 0.25) is 0 Å². The summed E-state index contributed by atoms with van der Waals surface area (Å²) in [7, 11) is 1.73. The predicted octanol–water partition coefficient (Wildman–Crippen LogP) is 1.44. The molecule has 7 nitrogen and oxygen atoms in total. The molecule has 1 aliphatic heterocycles. The zero-order valence-corrected chi connectivity index (χ0v) is 15.3. The summed E-state index contributed by atoms with van der Waals surface area (Å²) in [5.74, 6) is -0.135. The van der Waals surface area contributed by atoms with Gasteiger partial charge >= 0.3 is 0 Å². The van der Waals surface area contributed by atoms with Crippen molar-refractivity contribution in [1.82, 2.24) is 25.6 Å². The molecule has 24 heavy (non-hydrogen) atoms. The van der Waals surface area contributed by atoms with Crippen LogP contribution in [-0.4, -0.2) is 52.7 Å². The van der Waals surface area contributed by atoms with Crippen molar-refractivity contribution in [3.05, 3.63) is 11.4 Å². The Morgan fingerprint density at radius 1 is 1.33 bits per heavy atom. The van der Waals surface area contributed by atoms with E-state index < -0.39 is 0 Å². The van der Waals surface area contributed by atoms with Crippen molar-refractivity contribution in [3.8, 4) is 0 Å². The first-order chi connectivity index (χ1) is 11.3. The lowest BCUT2D eigenvalue weighted by atomic mass is 9.56. The molecule has 1 aromatic heterocycles. The van der Waals surface area contributed by atoms with E-state index in [0.29, 0.717) is 11.7 Å². The zero-order chi connectivity index (χ0) is 17.5. The van der Waals surface area contributed by atoms with Gasteiger partial charge in [-0.25, -0.2) is 4.68 Å². The van der Waals surface area contributed by atoms with E-state index in [9.17, 15) is 4.79 Å². The lowest BCUT2D eigenvalue weighted by molar-refractivity contribution is -0.177. The van der Waals surface area contributed by atoms with Gasteiger partial charge in [-0.15, -0.1) is 5.10 Å². The van der Waals surface area contributed by atoms with E-state index in [4.69, 9.17) is 4.74 Å². The molecule has 0 bridgehead atoms. The molecule has 2 atom stereocenters. The number of carbonyl (C=O) groups excluding carboxylic acids is 1. The Morgan fingerprint density at radius 3 is 2.58 bits per heavy atom. The van der Waals surface area contributed by atoms with Gasteiger partial charge in [0.2, 0.25) is 0 Å². The largest absolute Gasteiger partial charge is 0.378 e. The molecule has 134 valence electrons. The molecule has 1 aromatic rings. The first-order valence-corrected chi connectivity index (χ1v) is 8.78. The van der Waals surface area contributed by atoms with Gasteiger partial charge in [0.1, 0.15) is 0 Å². The molecular formula is C17H29N5O2. The van der Waals surface area contributed by atoms with Gasteiger partial charge in [-0.05, 0) is 46.2 Å². The topological polar surface area (TPSA) is 81.1 Å². The molecule has 1 saturated heterocycles. The summed E-state index contributed by atoms with van der Waals surface area (Å²) in [5.41, 5.74) is 0.977. The van der Waals surface area contributed by atoms with E-state index in [1.807, 2.05) is 11.6 Å². The van der Waals surface area contributed by atoms with Gasteiger partial charge in [0.25, 0.3) is 5.91 Å². The summed E-state index contributed by atoms with van der Waals surface area (Å²) in [5, 5.41) is 14.9. The van der Waals surface area contributed by atoms with E-state index >= 15 is 0 Å². The predicted molar refractivity (Wildman–Crippen MR) is 91.0 cm³/mol. The molecule has 2 heterocycles. The molecular weight excluding hydrogens is 306 g/mol. The molecule has 1 aliphatic carbocycles. The Hall–Kier alpha value is -1.47. The summed E-state index contributed by atoms with van der Waals surface area (Å²) in [4.78, 5) is 12.7. The number of hydrogen-bond donors (Lipinski definition) is 2. The van der Waals surface area contributed by atoms with Crippen LogP contribution in [0, 0.1) is 12.3 Å². The average molecular weight is 335 g/mol. The van der Waals surface area contributed by atoms with Gasteiger partial charge in [-0.1, -0.05) is 19.1 Å². The molecule has 0 unspecified atom stereocenters. The van der Waals surface area contributed by atoms with Crippen LogP contribution in [-0.2, 0) is 4.74 Å². The lowest BCUT2D eigenvalue weighted by Crippen LogP contribution is -2.68. The number of piperidine rings is 1. The molecule has 0 aromatic carbocycles. The Labute approximate surface area is 143 Å². The number of ether oxygens (including phenoxy) is 1. The molecule has 7 heteroatoms. The quantitative estimate of drug-likeness (QED) is 0.870. The highest BCUT2D eigenvalue weighted by Crippen LogP contribution is 2.51. The molecule has 0 radical (unpaired) electrons. The van der Waals surface area contributed by atoms with Crippen molar-refractivity contribution < 1.29 is 9.53 Å². The first kappa shape index (κ1) is 17.4. The second-order valence-electron chi connectivity index (χ2n) is 7.84. The van der Waals surface area contributed by atoms with E-state index in [1.54, 1.807) is 7.11 Å². The number of rotatable bonds is 4. The fraction of sp³-hybridized carbons (Fsp3) is 0.824. The van der Waals surface area contributed by atoms with Crippen molar-refractivity contribution in [2.45, 2.75) is 64.6 Å². The minimum Gasteiger partial charge on any atom is -0.378 e. The fourth-order valence-electron chi connectivity index (χ4n) is 3.90. The normalized spacial score (nSPS) is 30.0. The number of aromatic nitrogens is 3. The highest BCUT2D eigenvalue weighted by atomic mass is 16.5. The van der Waals surface area contributed by atoms with Gasteiger partial charge in [0.05, 0.1) is 17.3 Å². The van der Waals surface area contributed by atoms with E-state index in [2.05, 4.69) is 41.7 Å². The second kappa shape index (κ2) is 6.11. The summed E-state index contributed by atoms with van der Waals surface area (Å²) >= 11 is 0. The average Bonchev–Trinajstić information content (AvgIpc) is 2.96. The van der Waals surface area contributed by atoms with Crippen LogP contribution in [0.5, 0.6) is 0 Å². The third-order valence-corrected chi connectivity index (χ3v) is 6.38. The van der Waals surface area contributed by atoms with E-state index in [0.717, 1.165) is 38.0 Å². The summed E-state index contributed by atoms with van der Waals surface area (Å²) < 4.78 is 7.54. The smallest absolute Gasteiger partial charge is 0.273 e. The maximum Gasteiger partial charge on any atom is 0.273 e. The van der Waals surface area contributed by atoms with Crippen LogP contribution in [0.4, 0.5) is 0 Å². The molecule has 3 rings (SSSR count). The molecule has 1 amide bonds. The van der Waals surface area contributed by atoms with Crippen LogP contribution < -0.4 is 10.6 Å². The summed E-state index contributed by atoms with van der Waals surface area (Å²) in [6, 6.07) is 0.413. The maximum atomic E-state index is 12.7. The van der Waals surface area contributed by atoms with Gasteiger partial charge in [-0.3, -0.25) is 4.79 Å². The Kier molecular flexibility index (Phi) is 4.42. The van der Waals surface area contributed by atoms with Crippen LogP contribution in [0.1, 0.15) is 62.3 Å². The van der Waals surface area contributed by atoms with Gasteiger partial charge in [0.15, 0.2) is 5.69 Å². The Morgan fingerprint density at radius 2 is 2.00 bits per heavy atom. The highest BCUT2D eigenvalue weighted by molar-refractivity contribution is 5.93. The van der Waals surface area contributed by atoms with Crippen molar-refractivity contribution in [1.29, 1.82) is 0 Å². The van der Waals surface area contributed by atoms with E-state index in [1.165, 1.54) is 0 Å². The van der Waals surface area contributed by atoms with Crippen LogP contribution in [0.25, 0.3) is 0 Å². The van der Waals surface area contributed by atoms with Crippen molar-refractivity contribution in [2.24, 2.45) is 5.41 Å². The Bertz CT molecular complexity index is 620. The van der Waals surface area contributed by atoms with Crippen molar-refractivity contribution in [3.63, 3.8) is 0 Å². The van der Waals surface area contributed by atoms with Crippen molar-refractivity contribution >= 4 is 5.91 Å². The number of methoxy groups -OCH3 is 1. The zero-order valence-electron chi connectivity index (χ0n) is 15.3. The maximum absolute atomic E-state index is 12.7. The third kappa shape index (κ3) is 2.63. The molecule has 1 saturated carbocycles. The molecule has 2 N–H and O–H groups in total. The molecule has 0 spiro atoms. The fourth-order valence-corrected chi connectivity index (χ4v) is 3.90. The first-order valence-electron chi connectivity index (χ1n) is 8.78. The highest BCUT2D eigenvalue weighted by Gasteiger charge is 2.58. The second-order valence-corrected chi connectivity index (χ2v) is 7.84. The number of carbonyl (C=O) groups is 1. The number of nitrogens with zero attached hydrogens (tertiary/aromatic N) is 3. The van der Waals surface area contributed by atoms with Crippen LogP contribution in [0.15, 0.2) is 0 Å². The lowest BCUT2D eigenvalue weighted by Gasteiger charge is -2.59. The SMILES string of the molecule is CO[C@]1(C)C[C@H](NC(=O)c2nnn(C3CCNCC3)c2C)C1(C)C. The van der Waals surface area contributed by atoms with Crippen molar-refractivity contribution in [2.75, 3.05) is 20.2 Å². The molecule has 2 aliphatic rings. The summed E-state index contributed by atoms with van der Waals surface area (Å²) in [6.07, 6.45) is 2.85. The van der Waals surface area contributed by atoms with Gasteiger partial charge < -0.3 is 15.4 Å². The van der Waals surface area contributed by atoms with Crippen LogP contribution in [0.3, 0.4) is 0 Å². The molecule has 2 fully saturated rings. The summed E-state index contributed by atoms with van der Waals surface area (Å²) in [6.45, 7) is 10.2. The number of hydrogen-bond acceptors (Lipinski definition) is 5. The van der Waals surface area contributed by atoms with Crippen LogP contribution >= 0.6 is 0 Å². The Balaban J connectivity index is 1.69. The van der Waals surface area contributed by atoms with E-state index in [-0.39, 0.29) is 23.0 Å². The third-order valence-electron chi connectivity index (χ3n) is 6.38. The number of amides is 1. The standard InChI is InChI=1S/C17H29N5O2/c1-11-14(20-21-22(11)12-6-8-18-9-7-12)15(23)19-13-10-17(4,24-5)16(13,2)3/h12-13,18H,6-10H2,1-5H3,(H,19,23)/t13-,17+/m0/s1. The minimum absolute atomic E-state index is 0.0818. The monoisotopic (exact) mass is 335 g/mol.